The molecule has 0 radical (unpaired) electrons. The monoisotopic (exact) mass is 151 g/mol. The van der Waals surface area contributed by atoms with E-state index in [1.165, 1.54) is 0 Å². The Balaban J connectivity index is 3.56. The van der Waals surface area contributed by atoms with E-state index in [1.807, 2.05) is 19.9 Å². The van der Waals surface area contributed by atoms with Gasteiger partial charge in [0.1, 0.15) is 0 Å². The first-order chi connectivity index (χ1) is 5.16. The summed E-state index contributed by atoms with van der Waals surface area (Å²) < 4.78 is 0. The first-order valence-electron chi connectivity index (χ1n) is 3.71. The molecule has 2 heteroatoms. The van der Waals surface area contributed by atoms with Crippen molar-refractivity contribution in [2.45, 2.75) is 33.1 Å². The summed E-state index contributed by atoms with van der Waals surface area (Å²) in [5.41, 5.74) is 1.02. The summed E-state index contributed by atoms with van der Waals surface area (Å²) in [6.07, 6.45) is 3.28. The Morgan fingerprint density at radius 3 is 2.64 bits per heavy atom. The smallest absolute Gasteiger partial charge is 0.155 e. The number of carbonyl (C=O) groups excluding carboxylic acids is 1. The molecule has 0 aliphatic carbocycles. The van der Waals surface area contributed by atoms with Crippen LogP contribution in [0.3, 0.4) is 0 Å². The zero-order valence-corrected chi connectivity index (χ0v) is 7.05. The second-order valence-corrected chi connectivity index (χ2v) is 2.70. The van der Waals surface area contributed by atoms with Gasteiger partial charge < -0.3 is 0 Å². The highest BCUT2D eigenvalue weighted by Crippen LogP contribution is 1.98. The van der Waals surface area contributed by atoms with E-state index in [-0.39, 0.29) is 5.78 Å². The number of nitrogens with zero attached hydrogens (tertiary/aromatic N) is 1. The molecular formula is C9H13NO. The Hall–Kier alpha value is -1.10. The Kier molecular flexibility index (Phi) is 5.10. The Morgan fingerprint density at radius 1 is 1.55 bits per heavy atom. The molecule has 0 bridgehead atoms. The number of nitriles is 1. The first-order valence-corrected chi connectivity index (χ1v) is 3.71. The Labute approximate surface area is 67.5 Å². The molecule has 2 nitrogen and oxygen atoms in total. The molecule has 11 heavy (non-hydrogen) atoms. The van der Waals surface area contributed by atoms with Crippen molar-refractivity contribution in [1.29, 1.82) is 5.26 Å². The van der Waals surface area contributed by atoms with Crippen LogP contribution in [0.4, 0.5) is 0 Å². The van der Waals surface area contributed by atoms with Crippen molar-refractivity contribution in [3.05, 3.63) is 11.6 Å². The minimum atomic E-state index is 0.125. The van der Waals surface area contributed by atoms with Crippen molar-refractivity contribution in [2.75, 3.05) is 0 Å². The van der Waals surface area contributed by atoms with Gasteiger partial charge in [0.25, 0.3) is 0 Å². The van der Waals surface area contributed by atoms with Gasteiger partial charge in [0.15, 0.2) is 5.78 Å². The second kappa shape index (κ2) is 5.67. The van der Waals surface area contributed by atoms with Crippen LogP contribution in [0.15, 0.2) is 11.6 Å². The Bertz CT molecular complexity index is 194. The topological polar surface area (TPSA) is 40.9 Å². The molecule has 0 aromatic rings. The molecule has 0 rings (SSSR count). The van der Waals surface area contributed by atoms with Crippen LogP contribution in [0, 0.1) is 11.3 Å². The summed E-state index contributed by atoms with van der Waals surface area (Å²) in [4.78, 5) is 10.9. The van der Waals surface area contributed by atoms with E-state index in [2.05, 4.69) is 0 Å². The highest BCUT2D eigenvalue weighted by atomic mass is 16.1. The minimum absolute atomic E-state index is 0.125. The molecule has 0 atom stereocenters. The average Bonchev–Trinajstić information content (AvgIpc) is 1.86. The molecule has 0 N–H and O–H groups in total. The lowest BCUT2D eigenvalue weighted by molar-refractivity contribution is -0.114. The first kappa shape index (κ1) is 9.90. The third-order valence-corrected chi connectivity index (χ3v) is 1.16. The fourth-order valence-corrected chi connectivity index (χ4v) is 0.736. The molecule has 0 amide bonds. The minimum Gasteiger partial charge on any atom is -0.295 e. The second-order valence-electron chi connectivity index (χ2n) is 2.70. The van der Waals surface area contributed by atoms with E-state index in [1.54, 1.807) is 6.08 Å². The standard InChI is InChI=1S/C9H13NO/c1-8(2)7-9(11)5-3-4-6-10/h7H,3-5H2,1-2H3. The van der Waals surface area contributed by atoms with E-state index in [0.717, 1.165) is 5.57 Å². The van der Waals surface area contributed by atoms with E-state index in [0.29, 0.717) is 19.3 Å². The van der Waals surface area contributed by atoms with Crippen molar-refractivity contribution in [3.63, 3.8) is 0 Å². The van der Waals surface area contributed by atoms with E-state index in [9.17, 15) is 4.79 Å². The number of unbranched alkanes of at least 4 members (excludes halogenated alkanes) is 1. The lowest BCUT2D eigenvalue weighted by Gasteiger charge is -1.91. The lowest BCUT2D eigenvalue weighted by Crippen LogP contribution is -1.92. The highest BCUT2D eigenvalue weighted by Gasteiger charge is 1.95. The largest absolute Gasteiger partial charge is 0.295 e. The van der Waals surface area contributed by atoms with Gasteiger partial charge in [0.05, 0.1) is 6.07 Å². The van der Waals surface area contributed by atoms with Gasteiger partial charge >= 0.3 is 0 Å². The maximum absolute atomic E-state index is 10.9. The normalized spacial score (nSPS) is 8.45. The number of ketones is 1. The van der Waals surface area contributed by atoms with Gasteiger partial charge in [-0.05, 0) is 26.3 Å². The average molecular weight is 151 g/mol. The predicted octanol–water partition coefficient (Wildman–Crippen LogP) is 2.22. The van der Waals surface area contributed by atoms with Crippen LogP contribution in [-0.4, -0.2) is 5.78 Å². The van der Waals surface area contributed by atoms with E-state index >= 15 is 0 Å². The van der Waals surface area contributed by atoms with Crippen LogP contribution in [0.5, 0.6) is 0 Å². The van der Waals surface area contributed by atoms with Gasteiger partial charge in [-0.25, -0.2) is 0 Å². The van der Waals surface area contributed by atoms with Crippen LogP contribution in [0.25, 0.3) is 0 Å². The fraction of sp³-hybridized carbons (Fsp3) is 0.556. The predicted molar refractivity (Wildman–Crippen MR) is 43.9 cm³/mol. The summed E-state index contributed by atoms with van der Waals surface area (Å²) in [7, 11) is 0. The third kappa shape index (κ3) is 6.79. The summed E-state index contributed by atoms with van der Waals surface area (Å²) in [6, 6.07) is 2.00. The number of hydrogen-bond donors (Lipinski definition) is 0. The number of hydrogen-bond acceptors (Lipinski definition) is 2. The quantitative estimate of drug-likeness (QED) is 0.456. The maximum Gasteiger partial charge on any atom is 0.155 e. The number of allylic oxidation sites excluding steroid dienone is 2. The van der Waals surface area contributed by atoms with Gasteiger partial charge in [-0.2, -0.15) is 5.26 Å². The van der Waals surface area contributed by atoms with E-state index < -0.39 is 0 Å². The van der Waals surface area contributed by atoms with Gasteiger partial charge in [-0.1, -0.05) is 5.57 Å². The lowest BCUT2D eigenvalue weighted by atomic mass is 10.1. The van der Waals surface area contributed by atoms with Crippen LogP contribution < -0.4 is 0 Å². The van der Waals surface area contributed by atoms with Gasteiger partial charge in [0.2, 0.25) is 0 Å². The Morgan fingerprint density at radius 2 is 2.18 bits per heavy atom. The molecule has 0 unspecified atom stereocenters. The van der Waals surface area contributed by atoms with Crippen molar-refractivity contribution in [2.24, 2.45) is 0 Å². The van der Waals surface area contributed by atoms with Crippen molar-refractivity contribution in [1.82, 2.24) is 0 Å². The molecular weight excluding hydrogens is 138 g/mol. The molecule has 0 aromatic heterocycles. The molecule has 0 heterocycles. The zero-order valence-electron chi connectivity index (χ0n) is 7.05. The highest BCUT2D eigenvalue weighted by molar-refractivity contribution is 5.90. The molecule has 0 aliphatic heterocycles. The van der Waals surface area contributed by atoms with Gasteiger partial charge in [0, 0.05) is 12.8 Å². The molecule has 0 aromatic carbocycles. The maximum atomic E-state index is 10.9. The zero-order chi connectivity index (χ0) is 8.69. The van der Waals surface area contributed by atoms with E-state index in [4.69, 9.17) is 5.26 Å². The molecule has 0 spiro atoms. The number of carbonyl (C=O) groups is 1. The van der Waals surface area contributed by atoms with Crippen molar-refractivity contribution >= 4 is 5.78 Å². The van der Waals surface area contributed by atoms with Crippen LogP contribution in [0.1, 0.15) is 33.1 Å². The van der Waals surface area contributed by atoms with Gasteiger partial charge in [-0.3, -0.25) is 4.79 Å². The van der Waals surface area contributed by atoms with Crippen molar-refractivity contribution in [3.8, 4) is 6.07 Å². The van der Waals surface area contributed by atoms with Crippen LogP contribution in [0.2, 0.25) is 0 Å². The summed E-state index contributed by atoms with van der Waals surface area (Å²) in [5, 5.41) is 8.18. The molecule has 60 valence electrons. The van der Waals surface area contributed by atoms with Crippen LogP contribution >= 0.6 is 0 Å². The van der Waals surface area contributed by atoms with Crippen molar-refractivity contribution < 1.29 is 4.79 Å². The third-order valence-electron chi connectivity index (χ3n) is 1.16. The molecule has 0 fully saturated rings. The molecule has 0 saturated carbocycles. The van der Waals surface area contributed by atoms with Crippen LogP contribution in [-0.2, 0) is 4.79 Å². The number of rotatable bonds is 4. The molecule has 0 aliphatic rings. The summed E-state index contributed by atoms with van der Waals surface area (Å²) in [6.45, 7) is 3.78. The fourth-order valence-electron chi connectivity index (χ4n) is 0.736. The summed E-state index contributed by atoms with van der Waals surface area (Å²) >= 11 is 0. The van der Waals surface area contributed by atoms with Gasteiger partial charge in [-0.15, -0.1) is 0 Å². The summed E-state index contributed by atoms with van der Waals surface area (Å²) in [5.74, 6) is 0.125. The molecule has 0 saturated heterocycles. The SMILES string of the molecule is CC(C)=CC(=O)CCCC#N.